The minimum atomic E-state index is -0.452. The molecule has 0 spiro atoms. The number of para-hydroxylation sites is 1. The van der Waals surface area contributed by atoms with Crippen molar-refractivity contribution in [3.05, 3.63) is 72.3 Å². The van der Waals surface area contributed by atoms with Gasteiger partial charge >= 0.3 is 5.97 Å². The number of amides is 1. The Hall–Kier alpha value is -2.79. The number of carbonyl (C=O) groups excluding carboxylic acids is 2. The number of fused-ring (bicyclic) bond motifs is 1. The Balaban J connectivity index is 1.37. The van der Waals surface area contributed by atoms with Crippen LogP contribution in [0.25, 0.3) is 10.8 Å². The number of unbranched alkanes of at least 4 members (excludes halogenated alkanes) is 2. The van der Waals surface area contributed by atoms with E-state index >= 15 is 0 Å². The molecule has 0 bridgehead atoms. The largest absolute Gasteiger partial charge is 0.465 e. The van der Waals surface area contributed by atoms with E-state index in [2.05, 4.69) is 47.8 Å². The van der Waals surface area contributed by atoms with Gasteiger partial charge in [-0.05, 0) is 53.6 Å². The van der Waals surface area contributed by atoms with Gasteiger partial charge in [-0.25, -0.2) is 4.79 Å². The van der Waals surface area contributed by atoms with Gasteiger partial charge < -0.3 is 10.1 Å². The second-order valence-electron chi connectivity index (χ2n) is 6.75. The Morgan fingerprint density at radius 3 is 2.48 bits per heavy atom. The highest BCUT2D eigenvalue weighted by Gasteiger charge is 2.12. The normalized spacial score (nSPS) is 10.7. The molecule has 0 unspecified atom stereocenters. The van der Waals surface area contributed by atoms with Gasteiger partial charge in [0.2, 0.25) is 5.91 Å². The quantitative estimate of drug-likeness (QED) is 0.272. The first-order valence-electron chi connectivity index (χ1n) is 9.76. The summed E-state index contributed by atoms with van der Waals surface area (Å²) >= 11 is 1.85. The third-order valence-electron chi connectivity index (χ3n) is 4.64. The summed E-state index contributed by atoms with van der Waals surface area (Å²) in [5.74, 6) is 0.501. The van der Waals surface area contributed by atoms with Crippen LogP contribution >= 0.6 is 11.8 Å². The summed E-state index contributed by atoms with van der Waals surface area (Å²) in [6, 6.07) is 21.8. The lowest BCUT2D eigenvalue weighted by Crippen LogP contribution is -2.14. The van der Waals surface area contributed by atoms with Crippen molar-refractivity contribution in [2.45, 2.75) is 30.6 Å². The summed E-state index contributed by atoms with van der Waals surface area (Å²) in [6.07, 6.45) is 3.32. The van der Waals surface area contributed by atoms with Gasteiger partial charge in [0, 0.05) is 11.3 Å². The molecule has 3 aromatic rings. The average Bonchev–Trinajstić information content (AvgIpc) is 2.76. The first-order valence-corrected chi connectivity index (χ1v) is 10.7. The van der Waals surface area contributed by atoms with Crippen LogP contribution in [0.4, 0.5) is 5.69 Å². The molecule has 1 N–H and O–H groups in total. The minimum Gasteiger partial charge on any atom is -0.465 e. The van der Waals surface area contributed by atoms with Crippen LogP contribution in [0.5, 0.6) is 0 Å². The Bertz CT molecular complexity index is 987. The number of methoxy groups -OCH3 is 1. The SMILES string of the molecule is COC(=O)c1ccccc1NC(=O)CCCCCSc1ccc2ccccc2c1. The van der Waals surface area contributed by atoms with E-state index in [1.807, 2.05) is 11.8 Å². The van der Waals surface area contributed by atoms with E-state index in [0.29, 0.717) is 17.7 Å². The first-order chi connectivity index (χ1) is 14.2. The van der Waals surface area contributed by atoms with Crippen molar-refractivity contribution < 1.29 is 14.3 Å². The molecule has 0 fully saturated rings. The zero-order valence-corrected chi connectivity index (χ0v) is 17.3. The number of rotatable bonds is 9. The second-order valence-corrected chi connectivity index (χ2v) is 7.92. The summed E-state index contributed by atoms with van der Waals surface area (Å²) in [4.78, 5) is 25.2. The summed E-state index contributed by atoms with van der Waals surface area (Å²) in [7, 11) is 1.33. The Morgan fingerprint density at radius 1 is 0.897 bits per heavy atom. The average molecular weight is 408 g/mol. The molecule has 0 saturated heterocycles. The van der Waals surface area contributed by atoms with Gasteiger partial charge in [-0.2, -0.15) is 0 Å². The fourth-order valence-electron chi connectivity index (χ4n) is 3.10. The van der Waals surface area contributed by atoms with Crippen LogP contribution in [0.1, 0.15) is 36.0 Å². The van der Waals surface area contributed by atoms with E-state index in [1.165, 1.54) is 22.8 Å². The smallest absolute Gasteiger partial charge is 0.339 e. The van der Waals surface area contributed by atoms with E-state index in [0.717, 1.165) is 25.0 Å². The van der Waals surface area contributed by atoms with Gasteiger partial charge in [0.05, 0.1) is 18.4 Å². The number of ether oxygens (including phenoxy) is 1. The summed E-state index contributed by atoms with van der Waals surface area (Å²) < 4.78 is 4.75. The molecule has 29 heavy (non-hydrogen) atoms. The number of hydrogen-bond acceptors (Lipinski definition) is 4. The van der Waals surface area contributed by atoms with E-state index in [9.17, 15) is 9.59 Å². The summed E-state index contributed by atoms with van der Waals surface area (Å²) in [5, 5.41) is 5.34. The monoisotopic (exact) mass is 407 g/mol. The van der Waals surface area contributed by atoms with E-state index < -0.39 is 5.97 Å². The van der Waals surface area contributed by atoms with Gasteiger partial charge in [-0.15, -0.1) is 11.8 Å². The molecule has 0 aliphatic rings. The molecular formula is C24H25NO3S. The molecule has 0 saturated carbocycles. The van der Waals surface area contributed by atoms with Crippen molar-refractivity contribution >= 4 is 40.1 Å². The number of thioether (sulfide) groups is 1. The molecule has 3 aromatic carbocycles. The summed E-state index contributed by atoms with van der Waals surface area (Å²) in [5.41, 5.74) is 0.867. The van der Waals surface area contributed by atoms with Gasteiger partial charge in [-0.3, -0.25) is 4.79 Å². The second kappa shape index (κ2) is 10.7. The number of hydrogen-bond donors (Lipinski definition) is 1. The van der Waals surface area contributed by atoms with Crippen molar-refractivity contribution in [2.75, 3.05) is 18.2 Å². The maximum Gasteiger partial charge on any atom is 0.339 e. The van der Waals surface area contributed by atoms with E-state index in [-0.39, 0.29) is 5.91 Å². The van der Waals surface area contributed by atoms with Crippen LogP contribution in [0.2, 0.25) is 0 Å². The maximum absolute atomic E-state index is 12.2. The number of nitrogens with one attached hydrogen (secondary N) is 1. The molecule has 0 aliphatic heterocycles. The number of carbonyl (C=O) groups is 2. The topological polar surface area (TPSA) is 55.4 Å². The number of benzene rings is 3. The molecule has 1 amide bonds. The Morgan fingerprint density at radius 2 is 1.66 bits per heavy atom. The lowest BCUT2D eigenvalue weighted by molar-refractivity contribution is -0.116. The predicted octanol–water partition coefficient (Wildman–Crippen LogP) is 5.92. The molecule has 0 heterocycles. The van der Waals surface area contributed by atoms with Crippen LogP contribution in [-0.2, 0) is 9.53 Å². The molecule has 5 heteroatoms. The van der Waals surface area contributed by atoms with Gasteiger partial charge in [0.1, 0.15) is 0 Å². The van der Waals surface area contributed by atoms with Crippen molar-refractivity contribution in [3.63, 3.8) is 0 Å². The van der Waals surface area contributed by atoms with Gasteiger partial charge in [-0.1, -0.05) is 48.9 Å². The lowest BCUT2D eigenvalue weighted by Gasteiger charge is -2.09. The van der Waals surface area contributed by atoms with Crippen molar-refractivity contribution in [2.24, 2.45) is 0 Å². The van der Waals surface area contributed by atoms with Crippen LogP contribution < -0.4 is 5.32 Å². The van der Waals surface area contributed by atoms with Crippen molar-refractivity contribution in [1.82, 2.24) is 0 Å². The molecular weight excluding hydrogens is 382 g/mol. The Labute approximate surface area is 175 Å². The fraction of sp³-hybridized carbons (Fsp3) is 0.250. The van der Waals surface area contributed by atoms with Crippen molar-refractivity contribution in [3.8, 4) is 0 Å². The Kier molecular flexibility index (Phi) is 7.70. The third-order valence-corrected chi connectivity index (χ3v) is 5.72. The van der Waals surface area contributed by atoms with Crippen LogP contribution in [0.15, 0.2) is 71.6 Å². The fourth-order valence-corrected chi connectivity index (χ4v) is 4.06. The van der Waals surface area contributed by atoms with Crippen LogP contribution in [-0.4, -0.2) is 24.7 Å². The molecule has 0 aliphatic carbocycles. The molecule has 0 radical (unpaired) electrons. The maximum atomic E-state index is 12.2. The molecule has 3 rings (SSSR count). The number of anilines is 1. The van der Waals surface area contributed by atoms with Gasteiger partial charge in [0.15, 0.2) is 0 Å². The zero-order chi connectivity index (χ0) is 20.5. The highest BCUT2D eigenvalue weighted by molar-refractivity contribution is 7.99. The van der Waals surface area contributed by atoms with E-state index in [4.69, 9.17) is 4.74 Å². The zero-order valence-electron chi connectivity index (χ0n) is 16.5. The standard InChI is InChI=1S/C24H25NO3S/c1-28-24(27)21-11-6-7-12-22(21)25-23(26)13-3-2-8-16-29-20-15-14-18-9-4-5-10-19(18)17-20/h4-7,9-12,14-15,17H,2-3,8,13,16H2,1H3,(H,25,26). The highest BCUT2D eigenvalue weighted by Crippen LogP contribution is 2.24. The summed E-state index contributed by atoms with van der Waals surface area (Å²) in [6.45, 7) is 0. The molecule has 4 nitrogen and oxygen atoms in total. The molecule has 0 aromatic heterocycles. The lowest BCUT2D eigenvalue weighted by atomic mass is 10.1. The number of esters is 1. The predicted molar refractivity (Wildman–Crippen MR) is 120 cm³/mol. The van der Waals surface area contributed by atoms with Crippen LogP contribution in [0.3, 0.4) is 0 Å². The van der Waals surface area contributed by atoms with Crippen LogP contribution in [0, 0.1) is 0 Å². The molecule has 150 valence electrons. The third kappa shape index (κ3) is 6.09. The molecule has 0 atom stereocenters. The highest BCUT2D eigenvalue weighted by atomic mass is 32.2. The van der Waals surface area contributed by atoms with Crippen molar-refractivity contribution in [1.29, 1.82) is 0 Å². The minimum absolute atomic E-state index is 0.0801. The van der Waals surface area contributed by atoms with Gasteiger partial charge in [0.25, 0.3) is 0 Å². The first kappa shape index (κ1) is 20.9. The van der Waals surface area contributed by atoms with E-state index in [1.54, 1.807) is 24.3 Å².